The first-order valence-corrected chi connectivity index (χ1v) is 8.21. The third kappa shape index (κ3) is 2.35. The van der Waals surface area contributed by atoms with Crippen molar-refractivity contribution in [3.63, 3.8) is 0 Å². The number of ether oxygens (including phenoxy) is 2. The normalized spacial score (nSPS) is 28.9. The van der Waals surface area contributed by atoms with Gasteiger partial charge in [-0.1, -0.05) is 18.2 Å². The van der Waals surface area contributed by atoms with E-state index in [0.717, 1.165) is 18.5 Å². The number of nitrogens with zero attached hydrogens (tertiary/aromatic N) is 2. The summed E-state index contributed by atoms with van der Waals surface area (Å²) in [6, 6.07) is 7.51. The lowest BCUT2D eigenvalue weighted by Crippen LogP contribution is -2.47. The minimum Gasteiger partial charge on any atom is -0.482 e. The Morgan fingerprint density at radius 2 is 2.21 bits per heavy atom. The van der Waals surface area contributed by atoms with E-state index in [1.165, 1.54) is 0 Å². The average molecular weight is 332 g/mol. The minimum atomic E-state index is -0.999. The van der Waals surface area contributed by atoms with Gasteiger partial charge in [-0.3, -0.25) is 9.69 Å². The summed E-state index contributed by atoms with van der Waals surface area (Å²) >= 11 is 0. The fraction of sp³-hybridized carbons (Fsp3) is 0.529. The van der Waals surface area contributed by atoms with Crippen molar-refractivity contribution < 1.29 is 24.2 Å². The number of carbonyl (C=O) groups is 2. The molecule has 0 radical (unpaired) electrons. The van der Waals surface area contributed by atoms with Gasteiger partial charge in [0.15, 0.2) is 12.3 Å². The Labute approximate surface area is 139 Å². The van der Waals surface area contributed by atoms with Gasteiger partial charge in [0.25, 0.3) is 0 Å². The van der Waals surface area contributed by atoms with E-state index in [-0.39, 0.29) is 18.6 Å². The van der Waals surface area contributed by atoms with Crippen molar-refractivity contribution >= 4 is 11.9 Å². The fourth-order valence-electron chi connectivity index (χ4n) is 4.20. The van der Waals surface area contributed by atoms with Gasteiger partial charge in [0, 0.05) is 38.0 Å². The van der Waals surface area contributed by atoms with Crippen molar-refractivity contribution in [1.29, 1.82) is 0 Å². The summed E-state index contributed by atoms with van der Waals surface area (Å²) < 4.78 is 11.4. The highest BCUT2D eigenvalue weighted by molar-refractivity contribution is 5.81. The van der Waals surface area contributed by atoms with Crippen LogP contribution in [0.25, 0.3) is 0 Å². The number of carbonyl (C=O) groups excluding carboxylic acids is 1. The predicted octanol–water partition coefficient (Wildman–Crippen LogP) is 0.683. The second-order valence-corrected chi connectivity index (χ2v) is 6.47. The summed E-state index contributed by atoms with van der Waals surface area (Å²) in [5, 5.41) is 8.81. The number of amides is 1. The van der Waals surface area contributed by atoms with Crippen LogP contribution in [0.4, 0.5) is 0 Å². The maximum absolute atomic E-state index is 12.2. The Hall–Kier alpha value is -2.12. The molecule has 0 bridgehead atoms. The van der Waals surface area contributed by atoms with Crippen LogP contribution in [0.3, 0.4) is 0 Å². The molecule has 4 rings (SSSR count). The molecule has 7 heteroatoms. The van der Waals surface area contributed by atoms with Gasteiger partial charge in [-0.05, 0) is 6.07 Å². The Kier molecular flexibility index (Phi) is 3.69. The molecule has 3 saturated heterocycles. The second kappa shape index (κ2) is 5.75. The number of rotatable bonds is 5. The van der Waals surface area contributed by atoms with Gasteiger partial charge in [0.05, 0.1) is 12.6 Å². The lowest BCUT2D eigenvalue weighted by atomic mass is 10.1. The largest absolute Gasteiger partial charge is 0.482 e. The van der Waals surface area contributed by atoms with Crippen molar-refractivity contribution in [2.75, 3.05) is 26.3 Å². The standard InChI is InChI=1S/C17H20N2O5/c20-15-9-14-17(19(15)7-8-24-17)5-6-18(14)10-12-3-1-2-4-13(12)23-11-16(21)22/h1-4,14H,5-11H2,(H,21,22)/t14-,17+/m1/s1. The summed E-state index contributed by atoms with van der Waals surface area (Å²) in [7, 11) is 0. The van der Waals surface area contributed by atoms with Gasteiger partial charge in [0.1, 0.15) is 5.75 Å². The number of hydrogen-bond donors (Lipinski definition) is 1. The monoisotopic (exact) mass is 332 g/mol. The topological polar surface area (TPSA) is 79.3 Å². The molecule has 1 amide bonds. The van der Waals surface area contributed by atoms with Crippen LogP contribution in [0.2, 0.25) is 0 Å². The average Bonchev–Trinajstić information content (AvgIpc) is 3.19. The highest BCUT2D eigenvalue weighted by Gasteiger charge is 2.61. The summed E-state index contributed by atoms with van der Waals surface area (Å²) in [6.07, 6.45) is 1.31. The molecule has 3 heterocycles. The van der Waals surface area contributed by atoms with E-state index >= 15 is 0 Å². The van der Waals surface area contributed by atoms with Gasteiger partial charge in [-0.25, -0.2) is 4.79 Å². The number of carboxylic acids is 1. The third-order valence-electron chi connectivity index (χ3n) is 5.21. The maximum Gasteiger partial charge on any atom is 0.341 e. The predicted molar refractivity (Wildman–Crippen MR) is 83.4 cm³/mol. The zero-order valence-corrected chi connectivity index (χ0v) is 13.3. The Balaban J connectivity index is 1.53. The molecule has 1 N–H and O–H groups in total. The van der Waals surface area contributed by atoms with Crippen LogP contribution in [0.5, 0.6) is 5.75 Å². The molecule has 3 aliphatic heterocycles. The quantitative estimate of drug-likeness (QED) is 0.854. The molecule has 0 aliphatic carbocycles. The Morgan fingerprint density at radius 1 is 1.38 bits per heavy atom. The third-order valence-corrected chi connectivity index (χ3v) is 5.21. The van der Waals surface area contributed by atoms with Crippen LogP contribution in [0, 0.1) is 0 Å². The van der Waals surface area contributed by atoms with Crippen molar-refractivity contribution in [3.8, 4) is 5.75 Å². The molecule has 0 saturated carbocycles. The van der Waals surface area contributed by atoms with E-state index in [1.54, 1.807) is 6.07 Å². The van der Waals surface area contributed by atoms with E-state index in [4.69, 9.17) is 14.6 Å². The van der Waals surface area contributed by atoms with Gasteiger partial charge in [-0.15, -0.1) is 0 Å². The van der Waals surface area contributed by atoms with Crippen LogP contribution in [-0.2, 0) is 20.9 Å². The summed E-state index contributed by atoms with van der Waals surface area (Å²) in [5.74, 6) is -0.256. The first kappa shape index (κ1) is 15.4. The van der Waals surface area contributed by atoms with E-state index in [1.807, 2.05) is 23.1 Å². The van der Waals surface area contributed by atoms with Crippen molar-refractivity contribution in [2.24, 2.45) is 0 Å². The molecular formula is C17H20N2O5. The van der Waals surface area contributed by atoms with Crippen LogP contribution in [0.15, 0.2) is 24.3 Å². The number of carboxylic acid groups (broad SMARTS) is 1. The summed E-state index contributed by atoms with van der Waals surface area (Å²) in [5.41, 5.74) is 0.480. The molecule has 0 unspecified atom stereocenters. The van der Waals surface area contributed by atoms with Crippen molar-refractivity contribution in [2.45, 2.75) is 31.2 Å². The molecule has 3 fully saturated rings. The number of aliphatic carboxylic acids is 1. The van der Waals surface area contributed by atoms with E-state index in [9.17, 15) is 9.59 Å². The molecule has 0 aromatic heterocycles. The van der Waals surface area contributed by atoms with Crippen LogP contribution < -0.4 is 4.74 Å². The SMILES string of the molecule is O=C(O)COc1ccccc1CN1CC[C@@]23OCCN2C(=O)C[C@@H]13. The lowest BCUT2D eigenvalue weighted by Gasteiger charge is -2.31. The van der Waals surface area contributed by atoms with Gasteiger partial charge < -0.3 is 19.5 Å². The molecule has 3 aliphatic rings. The smallest absolute Gasteiger partial charge is 0.341 e. The lowest BCUT2D eigenvalue weighted by molar-refractivity contribution is -0.139. The first-order chi connectivity index (χ1) is 11.6. The fourth-order valence-corrected chi connectivity index (χ4v) is 4.20. The van der Waals surface area contributed by atoms with Gasteiger partial charge >= 0.3 is 5.97 Å². The van der Waals surface area contributed by atoms with Crippen molar-refractivity contribution in [1.82, 2.24) is 9.80 Å². The highest BCUT2D eigenvalue weighted by Crippen LogP contribution is 2.46. The number of hydrogen-bond acceptors (Lipinski definition) is 5. The molecule has 1 spiro atoms. The van der Waals surface area contributed by atoms with Crippen LogP contribution >= 0.6 is 0 Å². The summed E-state index contributed by atoms with van der Waals surface area (Å²) in [4.78, 5) is 27.1. The molecular weight excluding hydrogens is 312 g/mol. The zero-order chi connectivity index (χ0) is 16.7. The van der Waals surface area contributed by atoms with E-state index in [2.05, 4.69) is 4.90 Å². The van der Waals surface area contributed by atoms with Crippen LogP contribution in [-0.4, -0.2) is 64.9 Å². The highest BCUT2D eigenvalue weighted by atomic mass is 16.5. The molecule has 1 aromatic rings. The first-order valence-electron chi connectivity index (χ1n) is 8.21. The van der Waals surface area contributed by atoms with Gasteiger partial charge in [0.2, 0.25) is 5.91 Å². The maximum atomic E-state index is 12.2. The number of benzene rings is 1. The zero-order valence-electron chi connectivity index (χ0n) is 13.3. The summed E-state index contributed by atoms with van der Waals surface area (Å²) in [6.45, 7) is 2.39. The van der Waals surface area contributed by atoms with Crippen molar-refractivity contribution in [3.05, 3.63) is 29.8 Å². The Morgan fingerprint density at radius 3 is 3.04 bits per heavy atom. The second-order valence-electron chi connectivity index (χ2n) is 6.47. The molecule has 2 atom stereocenters. The minimum absolute atomic E-state index is 0.0556. The van der Waals surface area contributed by atoms with E-state index < -0.39 is 11.7 Å². The molecule has 1 aromatic carbocycles. The number of likely N-dealkylation sites (tertiary alicyclic amines) is 1. The molecule has 128 valence electrons. The number of para-hydroxylation sites is 1. The molecule has 24 heavy (non-hydrogen) atoms. The Bertz CT molecular complexity index is 679. The van der Waals surface area contributed by atoms with E-state index in [0.29, 0.717) is 31.9 Å². The van der Waals surface area contributed by atoms with Crippen LogP contribution in [0.1, 0.15) is 18.4 Å². The molecule has 7 nitrogen and oxygen atoms in total. The van der Waals surface area contributed by atoms with Gasteiger partial charge in [-0.2, -0.15) is 0 Å².